The fraction of sp³-hybridized carbons (Fsp3) is 0.765. The summed E-state index contributed by atoms with van der Waals surface area (Å²) >= 11 is 0. The molecular formula is C17H28N4. The maximum Gasteiger partial charge on any atom is 0.138 e. The van der Waals surface area contributed by atoms with Crippen LogP contribution in [0.4, 0.5) is 11.6 Å². The second-order valence-corrected chi connectivity index (χ2v) is 7.68. The van der Waals surface area contributed by atoms with Crippen LogP contribution in [0.25, 0.3) is 0 Å². The van der Waals surface area contributed by atoms with Crippen LogP contribution in [0.5, 0.6) is 0 Å². The van der Waals surface area contributed by atoms with Gasteiger partial charge in [0.25, 0.3) is 0 Å². The molecule has 0 bridgehead atoms. The quantitative estimate of drug-likeness (QED) is 0.838. The second-order valence-electron chi connectivity index (χ2n) is 7.68. The molecule has 2 N–H and O–H groups in total. The number of aromatic nitrogens is 2. The van der Waals surface area contributed by atoms with Gasteiger partial charge < -0.3 is 10.6 Å². The second kappa shape index (κ2) is 5.47. The van der Waals surface area contributed by atoms with E-state index in [-0.39, 0.29) is 5.41 Å². The zero-order valence-electron chi connectivity index (χ0n) is 13.7. The first-order valence-electron chi connectivity index (χ1n) is 8.28. The summed E-state index contributed by atoms with van der Waals surface area (Å²) in [6, 6.07) is 2.02. The SMILES string of the molecule is CNc1cc(NCC(C2CC2)C2CC2)nc(C(C)(C)C)n1. The van der Waals surface area contributed by atoms with Crippen LogP contribution in [0, 0.1) is 17.8 Å². The monoisotopic (exact) mass is 288 g/mol. The molecule has 2 aliphatic carbocycles. The van der Waals surface area contributed by atoms with Crippen LogP contribution in [0.2, 0.25) is 0 Å². The number of nitrogens with one attached hydrogen (secondary N) is 2. The summed E-state index contributed by atoms with van der Waals surface area (Å²) < 4.78 is 0. The van der Waals surface area contributed by atoms with Crippen LogP contribution in [0.1, 0.15) is 52.3 Å². The number of rotatable bonds is 6. The molecule has 2 fully saturated rings. The Hall–Kier alpha value is -1.32. The van der Waals surface area contributed by atoms with Crippen LogP contribution in [0.3, 0.4) is 0 Å². The summed E-state index contributed by atoms with van der Waals surface area (Å²) in [6.07, 6.45) is 5.73. The van der Waals surface area contributed by atoms with E-state index >= 15 is 0 Å². The molecule has 1 aromatic rings. The first kappa shape index (κ1) is 14.6. The number of nitrogens with zero attached hydrogens (tertiary/aromatic N) is 2. The van der Waals surface area contributed by atoms with Crippen LogP contribution in [0.15, 0.2) is 6.07 Å². The molecule has 0 radical (unpaired) electrons. The van der Waals surface area contributed by atoms with E-state index in [4.69, 9.17) is 4.98 Å². The molecule has 4 nitrogen and oxygen atoms in total. The zero-order valence-corrected chi connectivity index (χ0v) is 13.7. The van der Waals surface area contributed by atoms with E-state index in [0.717, 1.165) is 41.8 Å². The number of anilines is 2. The number of hydrogen-bond acceptors (Lipinski definition) is 4. The lowest BCUT2D eigenvalue weighted by Crippen LogP contribution is -2.21. The van der Waals surface area contributed by atoms with E-state index in [1.807, 2.05) is 13.1 Å². The van der Waals surface area contributed by atoms with Gasteiger partial charge >= 0.3 is 0 Å². The van der Waals surface area contributed by atoms with Crippen molar-refractivity contribution in [2.24, 2.45) is 17.8 Å². The van der Waals surface area contributed by atoms with E-state index < -0.39 is 0 Å². The molecule has 0 unspecified atom stereocenters. The highest BCUT2D eigenvalue weighted by atomic mass is 15.1. The standard InChI is InChI=1S/C17H28N4/c1-17(2,3)16-20-14(18-4)9-15(21-16)19-10-13(11-5-6-11)12-7-8-12/h9,11-13H,5-8,10H2,1-4H3,(H2,18,19,20,21). The highest BCUT2D eigenvalue weighted by Crippen LogP contribution is 2.49. The predicted molar refractivity (Wildman–Crippen MR) is 87.7 cm³/mol. The van der Waals surface area contributed by atoms with E-state index in [9.17, 15) is 0 Å². The lowest BCUT2D eigenvalue weighted by atomic mass is 9.95. The van der Waals surface area contributed by atoms with Crippen LogP contribution in [-0.4, -0.2) is 23.6 Å². The van der Waals surface area contributed by atoms with Crippen molar-refractivity contribution in [1.82, 2.24) is 9.97 Å². The van der Waals surface area contributed by atoms with E-state index in [1.165, 1.54) is 25.7 Å². The largest absolute Gasteiger partial charge is 0.373 e. The molecule has 2 saturated carbocycles. The van der Waals surface area contributed by atoms with Gasteiger partial charge in [-0.2, -0.15) is 0 Å². The Morgan fingerprint density at radius 3 is 2.14 bits per heavy atom. The molecule has 0 aliphatic heterocycles. The zero-order chi connectivity index (χ0) is 15.0. The normalized spacial score (nSPS) is 18.9. The van der Waals surface area contributed by atoms with Gasteiger partial charge in [-0.3, -0.25) is 0 Å². The number of hydrogen-bond donors (Lipinski definition) is 2. The van der Waals surface area contributed by atoms with Crippen molar-refractivity contribution >= 4 is 11.6 Å². The maximum atomic E-state index is 4.72. The fourth-order valence-electron chi connectivity index (χ4n) is 2.99. The maximum absolute atomic E-state index is 4.72. The van der Waals surface area contributed by atoms with Crippen molar-refractivity contribution in [2.45, 2.75) is 51.9 Å². The van der Waals surface area contributed by atoms with Gasteiger partial charge in [0, 0.05) is 25.1 Å². The van der Waals surface area contributed by atoms with Crippen LogP contribution >= 0.6 is 0 Å². The minimum atomic E-state index is -0.0321. The van der Waals surface area contributed by atoms with Gasteiger partial charge in [0.05, 0.1) is 0 Å². The summed E-state index contributed by atoms with van der Waals surface area (Å²) in [6.45, 7) is 7.54. The third kappa shape index (κ3) is 3.66. The predicted octanol–water partition coefficient (Wildman–Crippen LogP) is 3.66. The Labute approximate surface area is 128 Å². The summed E-state index contributed by atoms with van der Waals surface area (Å²) in [7, 11) is 1.91. The Balaban J connectivity index is 1.71. The Kier molecular flexibility index (Phi) is 3.80. The molecule has 21 heavy (non-hydrogen) atoms. The third-order valence-electron chi connectivity index (χ3n) is 4.63. The molecule has 0 saturated heterocycles. The average molecular weight is 288 g/mol. The van der Waals surface area contributed by atoms with Crippen molar-refractivity contribution < 1.29 is 0 Å². The highest BCUT2D eigenvalue weighted by Gasteiger charge is 2.41. The van der Waals surface area contributed by atoms with Gasteiger partial charge in [-0.1, -0.05) is 20.8 Å². The summed E-state index contributed by atoms with van der Waals surface area (Å²) in [5, 5.41) is 6.73. The Bertz CT molecular complexity index is 486. The summed E-state index contributed by atoms with van der Waals surface area (Å²) in [5.41, 5.74) is -0.0321. The van der Waals surface area contributed by atoms with E-state index in [1.54, 1.807) is 0 Å². The smallest absolute Gasteiger partial charge is 0.138 e. The van der Waals surface area contributed by atoms with Crippen LogP contribution in [-0.2, 0) is 5.41 Å². The molecule has 3 rings (SSSR count). The van der Waals surface area contributed by atoms with Gasteiger partial charge in [-0.05, 0) is 43.4 Å². The van der Waals surface area contributed by atoms with Crippen LogP contribution < -0.4 is 10.6 Å². The molecule has 0 aromatic carbocycles. The topological polar surface area (TPSA) is 49.8 Å². The van der Waals surface area contributed by atoms with Crippen molar-refractivity contribution in [3.63, 3.8) is 0 Å². The summed E-state index contributed by atoms with van der Waals surface area (Å²) in [4.78, 5) is 9.30. The lowest BCUT2D eigenvalue weighted by Gasteiger charge is -2.20. The van der Waals surface area contributed by atoms with Gasteiger partial charge in [0.2, 0.25) is 0 Å². The van der Waals surface area contributed by atoms with E-state index in [2.05, 4.69) is 36.4 Å². The minimum Gasteiger partial charge on any atom is -0.373 e. The molecular weight excluding hydrogens is 260 g/mol. The molecule has 1 heterocycles. The van der Waals surface area contributed by atoms with Gasteiger partial charge in [0.1, 0.15) is 17.5 Å². The molecule has 0 spiro atoms. The summed E-state index contributed by atoms with van der Waals surface area (Å²) in [5.74, 6) is 5.55. The van der Waals surface area contributed by atoms with E-state index in [0.29, 0.717) is 0 Å². The first-order valence-corrected chi connectivity index (χ1v) is 8.28. The molecule has 0 atom stereocenters. The van der Waals surface area contributed by atoms with Crippen molar-refractivity contribution in [2.75, 3.05) is 24.2 Å². The highest BCUT2D eigenvalue weighted by molar-refractivity contribution is 5.48. The lowest BCUT2D eigenvalue weighted by molar-refractivity contribution is 0.427. The molecule has 116 valence electrons. The van der Waals surface area contributed by atoms with Crippen molar-refractivity contribution in [3.05, 3.63) is 11.9 Å². The third-order valence-corrected chi connectivity index (χ3v) is 4.63. The molecule has 4 heteroatoms. The minimum absolute atomic E-state index is 0.0321. The Morgan fingerprint density at radius 1 is 1.10 bits per heavy atom. The van der Waals surface area contributed by atoms with Crippen molar-refractivity contribution in [1.29, 1.82) is 0 Å². The Morgan fingerprint density at radius 2 is 1.67 bits per heavy atom. The van der Waals surface area contributed by atoms with Gasteiger partial charge in [0.15, 0.2) is 0 Å². The molecule has 2 aliphatic rings. The molecule has 1 aromatic heterocycles. The van der Waals surface area contributed by atoms with Crippen molar-refractivity contribution in [3.8, 4) is 0 Å². The van der Waals surface area contributed by atoms with Gasteiger partial charge in [-0.15, -0.1) is 0 Å². The average Bonchev–Trinajstić information content (AvgIpc) is 3.30. The first-order chi connectivity index (χ1) is 9.97. The van der Waals surface area contributed by atoms with Gasteiger partial charge in [-0.25, -0.2) is 9.97 Å². The molecule has 0 amide bonds. The fourth-order valence-corrected chi connectivity index (χ4v) is 2.99.